The highest BCUT2D eigenvalue weighted by Gasteiger charge is 2.12. The molecule has 19 heavy (non-hydrogen) atoms. The van der Waals surface area contributed by atoms with Crippen molar-refractivity contribution in [2.24, 2.45) is 0 Å². The van der Waals surface area contributed by atoms with Crippen LogP contribution in [0.2, 0.25) is 0 Å². The van der Waals surface area contributed by atoms with Crippen LogP contribution in [0.5, 0.6) is 0 Å². The number of hydrogen-bond donors (Lipinski definition) is 2. The molecule has 0 saturated carbocycles. The van der Waals surface area contributed by atoms with E-state index >= 15 is 0 Å². The maximum Gasteiger partial charge on any atom is 0.240 e. The first-order valence-corrected chi connectivity index (χ1v) is 6.43. The Kier molecular flexibility index (Phi) is 5.98. The summed E-state index contributed by atoms with van der Waals surface area (Å²) in [5.41, 5.74) is 0.0253. The lowest BCUT2D eigenvalue weighted by molar-refractivity contribution is -0.121. The Morgan fingerprint density at radius 3 is 2.84 bits per heavy atom. The number of nitrogens with zero attached hydrogens (tertiary/aromatic N) is 2. The Labute approximate surface area is 114 Å². The average molecular weight is 268 g/mol. The van der Waals surface area contributed by atoms with Gasteiger partial charge in [-0.15, -0.1) is 0 Å². The molecule has 1 aromatic rings. The monoisotopic (exact) mass is 268 g/mol. The minimum atomic E-state index is -0.0351. The zero-order valence-electron chi connectivity index (χ0n) is 12.2. The van der Waals surface area contributed by atoms with Gasteiger partial charge in [-0.05, 0) is 20.8 Å². The fourth-order valence-electron chi connectivity index (χ4n) is 1.50. The third kappa shape index (κ3) is 6.35. The number of rotatable bonds is 7. The van der Waals surface area contributed by atoms with Crippen LogP contribution < -0.4 is 10.6 Å². The molecule has 1 rings (SSSR count). The van der Waals surface area contributed by atoms with E-state index < -0.39 is 0 Å². The zero-order chi connectivity index (χ0) is 14.3. The first-order chi connectivity index (χ1) is 8.92. The Bertz CT molecular complexity index is 396. The van der Waals surface area contributed by atoms with Crippen molar-refractivity contribution in [2.45, 2.75) is 39.4 Å². The lowest BCUT2D eigenvalue weighted by Crippen LogP contribution is -2.36. The van der Waals surface area contributed by atoms with Crippen molar-refractivity contribution in [1.29, 1.82) is 0 Å². The minimum absolute atomic E-state index is 0.0253. The molecule has 0 aromatic carbocycles. The Balaban J connectivity index is 2.46. The molecule has 1 amide bonds. The lowest BCUT2D eigenvalue weighted by Gasteiger charge is -2.20. The summed E-state index contributed by atoms with van der Waals surface area (Å²) in [5, 5.41) is 6.14. The van der Waals surface area contributed by atoms with Crippen LogP contribution in [0, 0.1) is 0 Å². The summed E-state index contributed by atoms with van der Waals surface area (Å²) in [5.74, 6) is 0.823. The molecule has 6 heteroatoms. The molecule has 6 nitrogen and oxygen atoms in total. The van der Waals surface area contributed by atoms with Crippen molar-refractivity contribution in [3.05, 3.63) is 18.2 Å². The molecule has 2 N–H and O–H groups in total. The molecule has 0 aliphatic carbocycles. The van der Waals surface area contributed by atoms with Crippen LogP contribution in [0.3, 0.4) is 0 Å². The van der Waals surface area contributed by atoms with Gasteiger partial charge < -0.3 is 19.9 Å². The molecular formula is C13H24N4O2. The van der Waals surface area contributed by atoms with Gasteiger partial charge in [-0.25, -0.2) is 4.98 Å². The number of imidazole rings is 1. The molecule has 1 heterocycles. The van der Waals surface area contributed by atoms with Gasteiger partial charge in [0, 0.05) is 31.6 Å². The highest BCUT2D eigenvalue weighted by atomic mass is 16.5. The third-order valence-electron chi connectivity index (χ3n) is 2.52. The summed E-state index contributed by atoms with van der Waals surface area (Å²) in [4.78, 5) is 16.0. The first kappa shape index (κ1) is 15.7. The second kappa shape index (κ2) is 7.25. The second-order valence-corrected chi connectivity index (χ2v) is 5.42. The van der Waals surface area contributed by atoms with E-state index in [1.165, 1.54) is 0 Å². The highest BCUT2D eigenvalue weighted by Crippen LogP contribution is 2.03. The summed E-state index contributed by atoms with van der Waals surface area (Å²) in [6, 6.07) is 0. The van der Waals surface area contributed by atoms with Gasteiger partial charge in [-0.2, -0.15) is 0 Å². The van der Waals surface area contributed by atoms with Crippen LogP contribution >= 0.6 is 0 Å². The standard InChI is InChI=1S/C13H24N4O2/c1-13(2,3)16-9-11-14-5-7-17(11)10-12(18)15-6-8-19-4/h5,7,16H,6,8-10H2,1-4H3,(H,15,18). The van der Waals surface area contributed by atoms with Crippen LogP contribution in [0.15, 0.2) is 12.4 Å². The summed E-state index contributed by atoms with van der Waals surface area (Å²) in [6.45, 7) is 8.26. The molecular weight excluding hydrogens is 244 g/mol. The van der Waals surface area contributed by atoms with Crippen LogP contribution in [-0.4, -0.2) is 41.3 Å². The maximum atomic E-state index is 11.7. The van der Waals surface area contributed by atoms with E-state index in [-0.39, 0.29) is 18.0 Å². The van der Waals surface area contributed by atoms with Crippen LogP contribution in [-0.2, 0) is 22.6 Å². The third-order valence-corrected chi connectivity index (χ3v) is 2.52. The number of carbonyl (C=O) groups is 1. The molecule has 0 spiro atoms. The van der Waals surface area contributed by atoms with Gasteiger partial charge in [0.05, 0.1) is 13.2 Å². The molecule has 0 aliphatic rings. The molecule has 108 valence electrons. The summed E-state index contributed by atoms with van der Waals surface area (Å²) in [6.07, 6.45) is 3.53. The Hall–Kier alpha value is -1.40. The second-order valence-electron chi connectivity index (χ2n) is 5.42. The number of hydrogen-bond acceptors (Lipinski definition) is 4. The van der Waals surface area contributed by atoms with Crippen molar-refractivity contribution in [2.75, 3.05) is 20.3 Å². The van der Waals surface area contributed by atoms with Gasteiger partial charge in [0.25, 0.3) is 0 Å². The first-order valence-electron chi connectivity index (χ1n) is 6.43. The van der Waals surface area contributed by atoms with Crippen LogP contribution in [0.1, 0.15) is 26.6 Å². The Morgan fingerprint density at radius 2 is 2.21 bits per heavy atom. The van der Waals surface area contributed by atoms with Crippen LogP contribution in [0.25, 0.3) is 0 Å². The van der Waals surface area contributed by atoms with Crippen molar-refractivity contribution >= 4 is 5.91 Å². The normalized spacial score (nSPS) is 11.6. The fraction of sp³-hybridized carbons (Fsp3) is 0.692. The molecule has 0 unspecified atom stereocenters. The van der Waals surface area contributed by atoms with Crippen LogP contribution in [0.4, 0.5) is 0 Å². The quantitative estimate of drug-likeness (QED) is 0.708. The SMILES string of the molecule is COCCNC(=O)Cn1ccnc1CNC(C)(C)C. The Morgan fingerprint density at radius 1 is 1.47 bits per heavy atom. The number of amides is 1. The predicted molar refractivity (Wildman–Crippen MR) is 73.7 cm³/mol. The number of carbonyl (C=O) groups excluding carboxylic acids is 1. The van der Waals surface area contributed by atoms with Gasteiger partial charge in [0.2, 0.25) is 5.91 Å². The van der Waals surface area contributed by atoms with E-state index in [0.29, 0.717) is 19.7 Å². The zero-order valence-corrected chi connectivity index (χ0v) is 12.2. The van der Waals surface area contributed by atoms with Gasteiger partial charge in [0.1, 0.15) is 12.4 Å². The fourth-order valence-corrected chi connectivity index (χ4v) is 1.50. The van der Waals surface area contributed by atoms with Gasteiger partial charge in [-0.3, -0.25) is 4.79 Å². The molecule has 0 radical (unpaired) electrons. The predicted octanol–water partition coefficient (Wildman–Crippen LogP) is 0.534. The van der Waals surface area contributed by atoms with Crippen molar-refractivity contribution in [3.8, 4) is 0 Å². The number of nitrogens with one attached hydrogen (secondary N) is 2. The van der Waals surface area contributed by atoms with E-state index in [1.807, 2.05) is 10.8 Å². The van der Waals surface area contributed by atoms with E-state index in [2.05, 4.69) is 36.4 Å². The van der Waals surface area contributed by atoms with E-state index in [0.717, 1.165) is 5.82 Å². The lowest BCUT2D eigenvalue weighted by atomic mass is 10.1. The van der Waals surface area contributed by atoms with Gasteiger partial charge in [0.15, 0.2) is 0 Å². The smallest absolute Gasteiger partial charge is 0.240 e. The average Bonchev–Trinajstić information content (AvgIpc) is 2.73. The van der Waals surface area contributed by atoms with E-state index in [9.17, 15) is 4.79 Å². The molecule has 0 fully saturated rings. The topological polar surface area (TPSA) is 68.2 Å². The summed E-state index contributed by atoms with van der Waals surface area (Å²) < 4.78 is 6.73. The number of methoxy groups -OCH3 is 1. The van der Waals surface area contributed by atoms with Crippen molar-refractivity contribution < 1.29 is 9.53 Å². The molecule has 0 saturated heterocycles. The van der Waals surface area contributed by atoms with Gasteiger partial charge in [-0.1, -0.05) is 0 Å². The largest absolute Gasteiger partial charge is 0.383 e. The molecule has 0 bridgehead atoms. The highest BCUT2D eigenvalue weighted by molar-refractivity contribution is 5.75. The molecule has 0 aliphatic heterocycles. The summed E-state index contributed by atoms with van der Waals surface area (Å²) in [7, 11) is 1.61. The summed E-state index contributed by atoms with van der Waals surface area (Å²) >= 11 is 0. The minimum Gasteiger partial charge on any atom is -0.383 e. The van der Waals surface area contributed by atoms with Gasteiger partial charge >= 0.3 is 0 Å². The molecule has 1 aromatic heterocycles. The van der Waals surface area contributed by atoms with Crippen molar-refractivity contribution in [3.63, 3.8) is 0 Å². The maximum absolute atomic E-state index is 11.7. The van der Waals surface area contributed by atoms with E-state index in [1.54, 1.807) is 13.3 Å². The molecule has 0 atom stereocenters. The van der Waals surface area contributed by atoms with E-state index in [4.69, 9.17) is 4.74 Å². The number of ether oxygens (including phenoxy) is 1. The number of aromatic nitrogens is 2. The van der Waals surface area contributed by atoms with Crippen molar-refractivity contribution in [1.82, 2.24) is 20.2 Å².